The summed E-state index contributed by atoms with van der Waals surface area (Å²) in [7, 11) is 2.94. The van der Waals surface area contributed by atoms with Crippen molar-refractivity contribution < 1.29 is 14.3 Å². The molecule has 2 rings (SSSR count). The molecule has 5 nitrogen and oxygen atoms in total. The highest BCUT2D eigenvalue weighted by molar-refractivity contribution is 6.32. The van der Waals surface area contributed by atoms with Gasteiger partial charge in [0.05, 0.1) is 24.9 Å². The molecule has 0 aliphatic carbocycles. The normalized spacial score (nSPS) is 11.1. The summed E-state index contributed by atoms with van der Waals surface area (Å²) in [6.45, 7) is 4.21. The number of nitrogens with zero attached hydrogens (tertiary/aromatic N) is 1. The van der Waals surface area contributed by atoms with E-state index in [9.17, 15) is 10.1 Å². The second kappa shape index (κ2) is 9.11. The third-order valence-electron chi connectivity index (χ3n) is 4.00. The fourth-order valence-electron chi connectivity index (χ4n) is 2.44. The molecule has 0 bridgehead atoms. The lowest BCUT2D eigenvalue weighted by Crippen LogP contribution is -2.14. The minimum Gasteiger partial charge on any atom is -0.495 e. The predicted molar refractivity (Wildman–Crippen MR) is 107 cm³/mol. The van der Waals surface area contributed by atoms with Crippen LogP contribution in [0.3, 0.4) is 0 Å². The van der Waals surface area contributed by atoms with Crippen LogP contribution in [0.4, 0.5) is 5.69 Å². The van der Waals surface area contributed by atoms with Gasteiger partial charge in [0, 0.05) is 12.1 Å². The van der Waals surface area contributed by atoms with Crippen LogP contribution in [0.15, 0.2) is 42.0 Å². The highest BCUT2D eigenvalue weighted by atomic mass is 35.5. The highest BCUT2D eigenvalue weighted by Crippen LogP contribution is 2.36. The van der Waals surface area contributed by atoms with E-state index in [-0.39, 0.29) is 5.57 Å². The molecular weight excluding hydrogens is 364 g/mol. The molecule has 0 aromatic heterocycles. The summed E-state index contributed by atoms with van der Waals surface area (Å²) in [4.78, 5) is 12.5. The van der Waals surface area contributed by atoms with E-state index in [4.69, 9.17) is 21.1 Å². The molecule has 0 aliphatic rings. The van der Waals surface area contributed by atoms with Gasteiger partial charge in [-0.25, -0.2) is 0 Å². The fraction of sp³-hybridized carbons (Fsp3) is 0.238. The quantitative estimate of drug-likeness (QED) is 0.560. The third-order valence-corrected chi connectivity index (χ3v) is 4.30. The van der Waals surface area contributed by atoms with Gasteiger partial charge in [-0.3, -0.25) is 4.79 Å². The van der Waals surface area contributed by atoms with Gasteiger partial charge in [0.15, 0.2) is 0 Å². The number of carbonyl (C=O) groups excluding carboxylic acids is 1. The average molecular weight is 385 g/mol. The predicted octanol–water partition coefficient (Wildman–Crippen LogP) is 5.03. The molecule has 1 amide bonds. The van der Waals surface area contributed by atoms with Crippen molar-refractivity contribution in [3.05, 3.63) is 58.1 Å². The SMILES string of the molecule is COc1cc(NC(=O)/C(C#N)=C\c2ccc(C(C)C)cc2)c(OC)cc1Cl. The number of halogens is 1. The number of hydrogen-bond acceptors (Lipinski definition) is 4. The number of nitriles is 1. The summed E-state index contributed by atoms with van der Waals surface area (Å²) in [5.41, 5.74) is 2.29. The Morgan fingerprint density at radius 1 is 1.15 bits per heavy atom. The molecule has 0 atom stereocenters. The number of hydrogen-bond donors (Lipinski definition) is 1. The number of rotatable bonds is 6. The van der Waals surface area contributed by atoms with Gasteiger partial charge in [-0.05, 0) is 23.1 Å². The number of amides is 1. The Morgan fingerprint density at radius 3 is 2.30 bits per heavy atom. The molecule has 0 spiro atoms. The van der Waals surface area contributed by atoms with Gasteiger partial charge >= 0.3 is 0 Å². The summed E-state index contributed by atoms with van der Waals surface area (Å²) in [6, 6.07) is 12.7. The van der Waals surface area contributed by atoms with Crippen LogP contribution < -0.4 is 14.8 Å². The van der Waals surface area contributed by atoms with Crippen molar-refractivity contribution in [1.82, 2.24) is 0 Å². The van der Waals surface area contributed by atoms with Crippen LogP contribution in [-0.4, -0.2) is 20.1 Å². The maximum atomic E-state index is 12.5. The van der Waals surface area contributed by atoms with Crippen molar-refractivity contribution in [1.29, 1.82) is 5.26 Å². The number of carbonyl (C=O) groups is 1. The smallest absolute Gasteiger partial charge is 0.266 e. The monoisotopic (exact) mass is 384 g/mol. The molecule has 0 unspecified atom stereocenters. The van der Waals surface area contributed by atoms with E-state index < -0.39 is 5.91 Å². The van der Waals surface area contributed by atoms with Crippen LogP contribution in [-0.2, 0) is 4.79 Å². The second-order valence-corrected chi connectivity index (χ2v) is 6.54. The van der Waals surface area contributed by atoms with E-state index in [2.05, 4.69) is 19.2 Å². The number of benzene rings is 2. The standard InChI is InChI=1S/C21H21ClN2O3/c1-13(2)15-7-5-14(6-8-15)9-16(12-23)21(25)24-18-11-19(26-3)17(22)10-20(18)27-4/h5-11,13H,1-4H3,(H,24,25)/b16-9-. The van der Waals surface area contributed by atoms with E-state index in [0.29, 0.717) is 28.1 Å². The molecule has 2 aromatic carbocycles. The van der Waals surface area contributed by atoms with Gasteiger partial charge in [0.1, 0.15) is 23.1 Å². The van der Waals surface area contributed by atoms with Gasteiger partial charge in [0.25, 0.3) is 5.91 Å². The second-order valence-electron chi connectivity index (χ2n) is 6.13. The number of anilines is 1. The molecule has 6 heteroatoms. The largest absolute Gasteiger partial charge is 0.495 e. The Kier molecular flexibility index (Phi) is 6.86. The average Bonchev–Trinajstić information content (AvgIpc) is 2.67. The van der Waals surface area contributed by atoms with E-state index in [0.717, 1.165) is 5.56 Å². The van der Waals surface area contributed by atoms with Crippen LogP contribution in [0.25, 0.3) is 6.08 Å². The summed E-state index contributed by atoms with van der Waals surface area (Å²) in [5.74, 6) is 0.620. The Hall–Kier alpha value is -2.97. The minimum absolute atomic E-state index is 0.0248. The molecule has 0 radical (unpaired) electrons. The maximum absolute atomic E-state index is 12.5. The van der Waals surface area contributed by atoms with Gasteiger partial charge in [-0.2, -0.15) is 5.26 Å². The fourth-order valence-corrected chi connectivity index (χ4v) is 2.67. The van der Waals surface area contributed by atoms with E-state index in [1.54, 1.807) is 12.1 Å². The lowest BCUT2D eigenvalue weighted by atomic mass is 10.0. The first-order valence-electron chi connectivity index (χ1n) is 8.34. The first-order valence-corrected chi connectivity index (χ1v) is 8.72. The molecule has 0 fully saturated rings. The van der Waals surface area contributed by atoms with Crippen LogP contribution >= 0.6 is 11.6 Å². The lowest BCUT2D eigenvalue weighted by molar-refractivity contribution is -0.112. The Morgan fingerprint density at radius 2 is 1.78 bits per heavy atom. The number of ether oxygens (including phenoxy) is 2. The first kappa shape index (κ1) is 20.3. The lowest BCUT2D eigenvalue weighted by Gasteiger charge is -2.13. The summed E-state index contributed by atoms with van der Waals surface area (Å²) in [5, 5.41) is 12.4. The number of methoxy groups -OCH3 is 2. The van der Waals surface area contributed by atoms with Crippen molar-refractivity contribution in [2.75, 3.05) is 19.5 Å². The topological polar surface area (TPSA) is 71.3 Å². The molecule has 0 aliphatic heterocycles. The zero-order valence-corrected chi connectivity index (χ0v) is 16.4. The zero-order chi connectivity index (χ0) is 20.0. The summed E-state index contributed by atoms with van der Waals surface area (Å²) in [6.07, 6.45) is 1.54. The molecule has 27 heavy (non-hydrogen) atoms. The molecule has 1 N–H and O–H groups in total. The summed E-state index contributed by atoms with van der Waals surface area (Å²) >= 11 is 6.07. The van der Waals surface area contributed by atoms with Crippen LogP contribution in [0.2, 0.25) is 5.02 Å². The third kappa shape index (κ3) is 5.02. The minimum atomic E-state index is -0.548. The molecule has 2 aromatic rings. The van der Waals surface area contributed by atoms with E-state index in [1.807, 2.05) is 30.3 Å². The Labute approximate surface area is 164 Å². The van der Waals surface area contributed by atoms with E-state index in [1.165, 1.54) is 25.8 Å². The van der Waals surface area contributed by atoms with Crippen LogP contribution in [0.5, 0.6) is 11.5 Å². The molecule has 0 saturated carbocycles. The molecular formula is C21H21ClN2O3. The van der Waals surface area contributed by atoms with Gasteiger partial charge in [-0.1, -0.05) is 49.7 Å². The van der Waals surface area contributed by atoms with Crippen LogP contribution in [0.1, 0.15) is 30.9 Å². The zero-order valence-electron chi connectivity index (χ0n) is 15.7. The molecule has 0 saturated heterocycles. The first-order chi connectivity index (χ1) is 12.9. The van der Waals surface area contributed by atoms with Gasteiger partial charge in [0.2, 0.25) is 0 Å². The van der Waals surface area contributed by atoms with Gasteiger partial charge in [-0.15, -0.1) is 0 Å². The van der Waals surface area contributed by atoms with Gasteiger partial charge < -0.3 is 14.8 Å². The van der Waals surface area contributed by atoms with Crippen molar-refractivity contribution in [2.45, 2.75) is 19.8 Å². The molecule has 140 valence electrons. The maximum Gasteiger partial charge on any atom is 0.266 e. The van der Waals surface area contributed by atoms with E-state index >= 15 is 0 Å². The van der Waals surface area contributed by atoms with Crippen LogP contribution in [0, 0.1) is 11.3 Å². The Balaban J connectivity index is 2.28. The number of nitrogens with one attached hydrogen (secondary N) is 1. The van der Waals surface area contributed by atoms with Crippen molar-refractivity contribution in [3.63, 3.8) is 0 Å². The highest BCUT2D eigenvalue weighted by Gasteiger charge is 2.15. The molecule has 0 heterocycles. The van der Waals surface area contributed by atoms with Crippen molar-refractivity contribution in [3.8, 4) is 17.6 Å². The summed E-state index contributed by atoms with van der Waals surface area (Å²) < 4.78 is 10.4. The van der Waals surface area contributed by atoms with Crippen molar-refractivity contribution >= 4 is 29.3 Å². The van der Waals surface area contributed by atoms with Crippen molar-refractivity contribution in [2.24, 2.45) is 0 Å². The Bertz CT molecular complexity index is 897.